The first-order valence-corrected chi connectivity index (χ1v) is 7.48. The number of rotatable bonds is 2. The van der Waals surface area contributed by atoms with Crippen LogP contribution in [0.1, 0.15) is 18.4 Å². The predicted octanol–water partition coefficient (Wildman–Crippen LogP) is 2.40. The lowest BCUT2D eigenvalue weighted by molar-refractivity contribution is -0.121. The summed E-state index contributed by atoms with van der Waals surface area (Å²) in [4.78, 5) is 14.4. The summed E-state index contributed by atoms with van der Waals surface area (Å²) in [5, 5.41) is 0.656. The van der Waals surface area contributed by atoms with Crippen LogP contribution in [0.25, 0.3) is 0 Å². The van der Waals surface area contributed by atoms with Crippen LogP contribution in [0.4, 0.5) is 5.69 Å². The average molecular weight is 331 g/mol. The van der Waals surface area contributed by atoms with Crippen molar-refractivity contribution in [2.75, 3.05) is 24.7 Å². The molecule has 1 unspecified atom stereocenters. The summed E-state index contributed by atoms with van der Waals surface area (Å²) >= 11 is 6.04. The van der Waals surface area contributed by atoms with Crippen LogP contribution >= 0.6 is 24.0 Å². The zero-order chi connectivity index (χ0) is 14.1. The molecule has 1 aromatic carbocycles. The van der Waals surface area contributed by atoms with Gasteiger partial charge in [-0.15, -0.1) is 12.4 Å². The van der Waals surface area contributed by atoms with Crippen LogP contribution in [0, 0.1) is 5.92 Å². The Bertz CT molecular complexity index is 518. The van der Waals surface area contributed by atoms with E-state index in [1.54, 1.807) is 4.90 Å². The summed E-state index contributed by atoms with van der Waals surface area (Å²) in [6, 6.07) is 5.28. The van der Waals surface area contributed by atoms with Crippen molar-refractivity contribution in [1.82, 2.24) is 0 Å². The molecule has 3 rings (SSSR count). The number of anilines is 1. The number of ether oxygens (including phenoxy) is 1. The molecule has 2 aliphatic rings. The number of carbonyl (C=O) groups is 1. The molecule has 1 aromatic rings. The van der Waals surface area contributed by atoms with Crippen molar-refractivity contribution in [3.05, 3.63) is 28.8 Å². The number of hydrogen-bond donors (Lipinski definition) is 1. The van der Waals surface area contributed by atoms with Gasteiger partial charge in [-0.25, -0.2) is 0 Å². The highest BCUT2D eigenvalue weighted by molar-refractivity contribution is 6.31. The second-order valence-electron chi connectivity index (χ2n) is 5.49. The molecule has 4 nitrogen and oxygen atoms in total. The van der Waals surface area contributed by atoms with Crippen LogP contribution in [-0.4, -0.2) is 31.7 Å². The monoisotopic (exact) mass is 330 g/mol. The van der Waals surface area contributed by atoms with E-state index in [9.17, 15) is 4.79 Å². The second-order valence-corrected chi connectivity index (χ2v) is 5.92. The van der Waals surface area contributed by atoms with Crippen molar-refractivity contribution in [3.63, 3.8) is 0 Å². The van der Waals surface area contributed by atoms with Crippen LogP contribution < -0.4 is 10.6 Å². The molecule has 1 fully saturated rings. The molecule has 2 heterocycles. The molecule has 1 saturated heterocycles. The molecule has 2 N–H and O–H groups in total. The van der Waals surface area contributed by atoms with Gasteiger partial charge in [0.25, 0.3) is 0 Å². The third-order valence-electron chi connectivity index (χ3n) is 4.27. The minimum atomic E-state index is -0.441. The largest absolute Gasteiger partial charge is 0.381 e. The van der Waals surface area contributed by atoms with E-state index in [0.29, 0.717) is 24.8 Å². The maximum Gasteiger partial charge on any atom is 0.244 e. The summed E-state index contributed by atoms with van der Waals surface area (Å²) in [5.41, 5.74) is 8.28. The Kier molecular flexibility index (Phi) is 5.49. The third-order valence-corrected chi connectivity index (χ3v) is 4.50. The molecule has 6 heteroatoms. The van der Waals surface area contributed by atoms with Crippen molar-refractivity contribution in [3.8, 4) is 0 Å². The molecular formula is C15H20Cl2N2O2. The lowest BCUT2D eigenvalue weighted by Crippen LogP contribution is -2.48. The Labute approximate surface area is 136 Å². The fourth-order valence-corrected chi connectivity index (χ4v) is 3.20. The zero-order valence-corrected chi connectivity index (χ0v) is 13.3. The number of hydrogen-bond acceptors (Lipinski definition) is 3. The van der Waals surface area contributed by atoms with Crippen molar-refractivity contribution >= 4 is 35.6 Å². The minimum absolute atomic E-state index is 0. The molecule has 0 spiro atoms. The molecule has 0 bridgehead atoms. The number of amides is 1. The van der Waals surface area contributed by atoms with E-state index in [1.165, 1.54) is 5.56 Å². The topological polar surface area (TPSA) is 55.6 Å². The predicted molar refractivity (Wildman–Crippen MR) is 86.3 cm³/mol. The van der Waals surface area contributed by atoms with Crippen LogP contribution in [0.15, 0.2) is 18.2 Å². The van der Waals surface area contributed by atoms with Gasteiger partial charge in [-0.1, -0.05) is 17.7 Å². The summed E-state index contributed by atoms with van der Waals surface area (Å²) in [7, 11) is 0. The van der Waals surface area contributed by atoms with Gasteiger partial charge in [0.2, 0.25) is 5.91 Å². The van der Waals surface area contributed by atoms with Crippen molar-refractivity contribution in [1.29, 1.82) is 0 Å². The van der Waals surface area contributed by atoms with Gasteiger partial charge in [0.15, 0.2) is 0 Å². The summed E-state index contributed by atoms with van der Waals surface area (Å²) in [5.74, 6) is 0.234. The number of fused-ring (bicyclic) bond motifs is 1. The van der Waals surface area contributed by atoms with E-state index < -0.39 is 6.04 Å². The Hall–Kier alpha value is -0.810. The molecule has 1 amide bonds. The SMILES string of the molecule is Cl.NC(C(=O)N1CCc2ccc(Cl)cc21)C1CCOCC1. The second kappa shape index (κ2) is 6.97. The Morgan fingerprint density at radius 1 is 1.38 bits per heavy atom. The normalized spacial score (nSPS) is 19.8. The van der Waals surface area contributed by atoms with Gasteiger partial charge in [-0.2, -0.15) is 0 Å². The third kappa shape index (κ3) is 3.34. The first-order valence-electron chi connectivity index (χ1n) is 7.10. The molecule has 21 heavy (non-hydrogen) atoms. The van der Waals surface area contributed by atoms with E-state index in [2.05, 4.69) is 0 Å². The smallest absolute Gasteiger partial charge is 0.244 e. The highest BCUT2D eigenvalue weighted by Crippen LogP contribution is 2.32. The molecule has 0 radical (unpaired) electrons. The number of carbonyl (C=O) groups excluding carboxylic acids is 1. The fourth-order valence-electron chi connectivity index (χ4n) is 3.04. The van der Waals surface area contributed by atoms with Gasteiger partial charge in [0, 0.05) is 30.5 Å². The van der Waals surface area contributed by atoms with E-state index in [4.69, 9.17) is 22.1 Å². The maximum atomic E-state index is 12.6. The van der Waals surface area contributed by atoms with Gasteiger partial charge in [0.05, 0.1) is 6.04 Å². The molecule has 2 aliphatic heterocycles. The molecule has 0 aliphatic carbocycles. The Morgan fingerprint density at radius 2 is 2.10 bits per heavy atom. The van der Waals surface area contributed by atoms with E-state index in [-0.39, 0.29) is 24.2 Å². The number of benzene rings is 1. The summed E-state index contributed by atoms with van der Waals surface area (Å²) in [6.07, 6.45) is 2.60. The molecule has 1 atom stereocenters. The van der Waals surface area contributed by atoms with Gasteiger partial charge < -0.3 is 15.4 Å². The van der Waals surface area contributed by atoms with Crippen molar-refractivity contribution in [2.45, 2.75) is 25.3 Å². The highest BCUT2D eigenvalue weighted by Gasteiger charge is 2.33. The average Bonchev–Trinajstić information content (AvgIpc) is 2.89. The maximum absolute atomic E-state index is 12.6. The lowest BCUT2D eigenvalue weighted by Gasteiger charge is -2.30. The van der Waals surface area contributed by atoms with Gasteiger partial charge in [-0.3, -0.25) is 4.79 Å². The number of nitrogens with zero attached hydrogens (tertiary/aromatic N) is 1. The Morgan fingerprint density at radius 3 is 2.81 bits per heavy atom. The molecule has 0 aromatic heterocycles. The van der Waals surface area contributed by atoms with E-state index in [1.807, 2.05) is 18.2 Å². The minimum Gasteiger partial charge on any atom is -0.381 e. The van der Waals surface area contributed by atoms with E-state index >= 15 is 0 Å². The lowest BCUT2D eigenvalue weighted by atomic mass is 9.91. The fraction of sp³-hybridized carbons (Fsp3) is 0.533. The van der Waals surface area contributed by atoms with Gasteiger partial charge in [0.1, 0.15) is 0 Å². The molecular weight excluding hydrogens is 311 g/mol. The molecule has 0 saturated carbocycles. The quantitative estimate of drug-likeness (QED) is 0.905. The van der Waals surface area contributed by atoms with Crippen molar-refractivity contribution in [2.24, 2.45) is 11.7 Å². The first kappa shape index (κ1) is 16.6. The highest BCUT2D eigenvalue weighted by atomic mass is 35.5. The van der Waals surface area contributed by atoms with Crippen LogP contribution in [0.3, 0.4) is 0 Å². The molecule has 116 valence electrons. The Balaban J connectivity index is 0.00000161. The van der Waals surface area contributed by atoms with Crippen LogP contribution in [-0.2, 0) is 16.0 Å². The van der Waals surface area contributed by atoms with Crippen molar-refractivity contribution < 1.29 is 9.53 Å². The van der Waals surface area contributed by atoms with Gasteiger partial charge >= 0.3 is 0 Å². The van der Waals surface area contributed by atoms with E-state index in [0.717, 1.165) is 24.9 Å². The van der Waals surface area contributed by atoms with Crippen LogP contribution in [0.5, 0.6) is 0 Å². The van der Waals surface area contributed by atoms with Crippen LogP contribution in [0.2, 0.25) is 5.02 Å². The van der Waals surface area contributed by atoms with Gasteiger partial charge in [-0.05, 0) is 42.9 Å². The standard InChI is InChI=1S/C15H19ClN2O2.ClH/c16-12-2-1-10-3-6-18(13(10)9-12)15(19)14(17)11-4-7-20-8-5-11;/h1-2,9,11,14H,3-8,17H2;1H. The first-order chi connectivity index (χ1) is 9.66. The number of halogens is 2. The summed E-state index contributed by atoms with van der Waals surface area (Å²) < 4.78 is 5.33. The number of nitrogens with two attached hydrogens (primary N) is 1. The summed E-state index contributed by atoms with van der Waals surface area (Å²) in [6.45, 7) is 2.10. The zero-order valence-electron chi connectivity index (χ0n) is 11.8.